The molecule has 1 amide bonds. The van der Waals surface area contributed by atoms with Crippen molar-refractivity contribution < 1.29 is 4.79 Å². The number of nitrogens with zero attached hydrogens (tertiary/aromatic N) is 5. The normalized spacial score (nSPS) is 22.6. The molecule has 2 atom stereocenters. The van der Waals surface area contributed by atoms with E-state index in [1.165, 1.54) is 10.9 Å². The molecule has 0 radical (unpaired) electrons. The average molecular weight is 453 g/mol. The molecule has 7 nitrogen and oxygen atoms in total. The summed E-state index contributed by atoms with van der Waals surface area (Å²) >= 11 is 0. The van der Waals surface area contributed by atoms with E-state index >= 15 is 0 Å². The van der Waals surface area contributed by atoms with Gasteiger partial charge < -0.3 is 15.1 Å². The van der Waals surface area contributed by atoms with E-state index in [9.17, 15) is 4.79 Å². The van der Waals surface area contributed by atoms with Gasteiger partial charge in [-0.3, -0.25) is 9.78 Å². The van der Waals surface area contributed by atoms with Crippen LogP contribution in [0.2, 0.25) is 0 Å². The molecule has 2 aromatic heterocycles. The smallest absolute Gasteiger partial charge is 0.223 e. The van der Waals surface area contributed by atoms with E-state index in [4.69, 9.17) is 5.26 Å². The Labute approximate surface area is 199 Å². The minimum absolute atomic E-state index is 0.0260. The molecule has 3 aromatic rings. The number of aromatic nitrogens is 2. The van der Waals surface area contributed by atoms with Crippen molar-refractivity contribution in [3.05, 3.63) is 66.0 Å². The predicted octanol–water partition coefficient (Wildman–Crippen LogP) is 3.35. The number of hydrogen-bond donors (Lipinski definition) is 1. The molecule has 4 heterocycles. The molecular weight excluding hydrogens is 424 g/mol. The third-order valence-electron chi connectivity index (χ3n) is 7.69. The second-order valence-electron chi connectivity index (χ2n) is 9.74. The summed E-state index contributed by atoms with van der Waals surface area (Å²) in [6.45, 7) is 2.18. The minimum Gasteiger partial charge on any atom is -0.347 e. The number of anilines is 1. The highest BCUT2D eigenvalue weighted by Gasteiger charge is 2.45. The summed E-state index contributed by atoms with van der Waals surface area (Å²) in [5.74, 6) is 1.15. The van der Waals surface area contributed by atoms with Crippen LogP contribution in [0, 0.1) is 11.3 Å². The molecule has 2 bridgehead atoms. The number of pyridine rings is 2. The molecule has 3 fully saturated rings. The third-order valence-corrected chi connectivity index (χ3v) is 7.69. The first-order chi connectivity index (χ1) is 16.7. The second-order valence-corrected chi connectivity index (χ2v) is 9.74. The van der Waals surface area contributed by atoms with Crippen molar-refractivity contribution in [2.45, 2.75) is 49.7 Å². The van der Waals surface area contributed by atoms with Crippen LogP contribution in [-0.2, 0) is 10.3 Å². The lowest BCUT2D eigenvalue weighted by molar-refractivity contribution is -0.132. The number of carbonyl (C=O) groups excluding carboxylic acids is 1. The van der Waals surface area contributed by atoms with Crippen molar-refractivity contribution in [3.63, 3.8) is 0 Å². The van der Waals surface area contributed by atoms with Gasteiger partial charge in [-0.1, -0.05) is 18.2 Å². The van der Waals surface area contributed by atoms with E-state index in [-0.39, 0.29) is 11.4 Å². The first kappa shape index (κ1) is 21.1. The molecule has 1 saturated carbocycles. The van der Waals surface area contributed by atoms with Gasteiger partial charge in [-0.2, -0.15) is 5.26 Å². The Morgan fingerprint density at radius 1 is 1.09 bits per heavy atom. The largest absolute Gasteiger partial charge is 0.347 e. The molecule has 34 heavy (non-hydrogen) atoms. The zero-order valence-corrected chi connectivity index (χ0v) is 19.2. The lowest BCUT2D eigenvalue weighted by atomic mass is 9.99. The Morgan fingerprint density at radius 3 is 2.62 bits per heavy atom. The van der Waals surface area contributed by atoms with Crippen LogP contribution in [0.1, 0.15) is 43.2 Å². The van der Waals surface area contributed by atoms with Crippen LogP contribution < -0.4 is 10.2 Å². The van der Waals surface area contributed by atoms with Crippen molar-refractivity contribution in [1.29, 1.82) is 5.26 Å². The molecule has 1 N–H and O–H groups in total. The summed E-state index contributed by atoms with van der Waals surface area (Å²) in [6.07, 6.45) is 8.32. The van der Waals surface area contributed by atoms with E-state index < -0.39 is 0 Å². The Balaban J connectivity index is 1.08. The van der Waals surface area contributed by atoms with Crippen LogP contribution in [0.5, 0.6) is 0 Å². The number of piperazine rings is 1. The van der Waals surface area contributed by atoms with E-state index in [0.29, 0.717) is 30.6 Å². The summed E-state index contributed by atoms with van der Waals surface area (Å²) in [7, 11) is 0. The van der Waals surface area contributed by atoms with E-state index in [1.807, 2.05) is 29.3 Å². The van der Waals surface area contributed by atoms with Gasteiger partial charge in [-0.05, 0) is 55.5 Å². The van der Waals surface area contributed by atoms with Gasteiger partial charge in [0.15, 0.2) is 0 Å². The SMILES string of the molecule is N#Cc1ccc(N2C3CCC2CN(C(=O)CCNC2(c4cccc5ncccc45)CC2)C3)nc1. The monoisotopic (exact) mass is 452 g/mol. The fourth-order valence-corrected chi connectivity index (χ4v) is 5.84. The highest BCUT2D eigenvalue weighted by atomic mass is 16.2. The van der Waals surface area contributed by atoms with Crippen molar-refractivity contribution in [1.82, 2.24) is 20.2 Å². The average Bonchev–Trinajstić information content (AvgIpc) is 3.62. The van der Waals surface area contributed by atoms with Gasteiger partial charge >= 0.3 is 0 Å². The molecule has 7 heteroatoms. The van der Waals surface area contributed by atoms with Crippen LogP contribution in [-0.4, -0.2) is 52.5 Å². The molecule has 2 saturated heterocycles. The quantitative estimate of drug-likeness (QED) is 0.617. The van der Waals surface area contributed by atoms with Crippen LogP contribution in [0.3, 0.4) is 0 Å². The highest BCUT2D eigenvalue weighted by molar-refractivity contribution is 5.83. The lowest BCUT2D eigenvalue weighted by Gasteiger charge is -2.42. The fraction of sp³-hybridized carbons (Fsp3) is 0.407. The summed E-state index contributed by atoms with van der Waals surface area (Å²) in [5, 5.41) is 13.9. The Morgan fingerprint density at radius 2 is 1.91 bits per heavy atom. The topological polar surface area (TPSA) is 85.2 Å². The summed E-state index contributed by atoms with van der Waals surface area (Å²) in [6, 6.07) is 16.9. The van der Waals surface area contributed by atoms with Gasteiger partial charge in [-0.25, -0.2) is 4.98 Å². The van der Waals surface area contributed by atoms with Gasteiger partial charge in [-0.15, -0.1) is 0 Å². The van der Waals surface area contributed by atoms with Gasteiger partial charge in [0.1, 0.15) is 11.9 Å². The van der Waals surface area contributed by atoms with Crippen molar-refractivity contribution >= 4 is 22.6 Å². The predicted molar refractivity (Wildman–Crippen MR) is 130 cm³/mol. The number of nitrogens with one attached hydrogen (secondary N) is 1. The Hall–Kier alpha value is -3.50. The minimum atomic E-state index is -0.0260. The molecule has 172 valence electrons. The standard InChI is InChI=1S/C27H28N6O/c28-15-19-6-9-25(30-16-19)33-20-7-8-21(33)18-32(17-20)26(34)10-14-31-27(11-12-27)23-4-1-5-24-22(23)3-2-13-29-24/h1-6,9,13,16,20-21,31H,7-8,10-12,14,17-18H2. The third kappa shape index (κ3) is 3.68. The maximum absolute atomic E-state index is 13.1. The zero-order chi connectivity index (χ0) is 23.1. The van der Waals surface area contributed by atoms with Gasteiger partial charge in [0.05, 0.1) is 11.1 Å². The van der Waals surface area contributed by atoms with Gasteiger partial charge in [0, 0.05) is 61.5 Å². The maximum atomic E-state index is 13.1. The number of hydrogen-bond acceptors (Lipinski definition) is 6. The molecule has 0 spiro atoms. The zero-order valence-electron chi connectivity index (χ0n) is 19.2. The molecule has 1 aromatic carbocycles. The van der Waals surface area contributed by atoms with E-state index in [1.54, 1.807) is 6.20 Å². The van der Waals surface area contributed by atoms with Crippen LogP contribution >= 0.6 is 0 Å². The van der Waals surface area contributed by atoms with E-state index in [0.717, 1.165) is 50.1 Å². The molecule has 6 rings (SSSR count). The number of amides is 1. The number of likely N-dealkylation sites (tertiary alicyclic amines) is 1. The van der Waals surface area contributed by atoms with Crippen LogP contribution in [0.15, 0.2) is 54.9 Å². The first-order valence-corrected chi connectivity index (χ1v) is 12.2. The van der Waals surface area contributed by atoms with Crippen molar-refractivity contribution in [2.24, 2.45) is 0 Å². The molecule has 2 aliphatic heterocycles. The number of benzene rings is 1. The first-order valence-electron chi connectivity index (χ1n) is 12.2. The Bertz CT molecular complexity index is 1240. The fourth-order valence-electron chi connectivity index (χ4n) is 5.84. The number of rotatable bonds is 6. The Kier molecular flexibility index (Phi) is 5.19. The summed E-state index contributed by atoms with van der Waals surface area (Å²) in [5.41, 5.74) is 2.87. The maximum Gasteiger partial charge on any atom is 0.223 e. The highest BCUT2D eigenvalue weighted by Crippen LogP contribution is 2.47. The van der Waals surface area contributed by atoms with Gasteiger partial charge in [0.25, 0.3) is 0 Å². The van der Waals surface area contributed by atoms with Crippen molar-refractivity contribution in [2.75, 3.05) is 24.5 Å². The number of nitriles is 1. The second kappa shape index (κ2) is 8.37. The number of fused-ring (bicyclic) bond motifs is 3. The van der Waals surface area contributed by atoms with E-state index in [2.05, 4.69) is 50.5 Å². The molecule has 2 unspecified atom stereocenters. The lowest BCUT2D eigenvalue weighted by Crippen LogP contribution is -2.56. The molecule has 1 aliphatic carbocycles. The number of carbonyl (C=O) groups is 1. The molecular formula is C27H28N6O. The van der Waals surface area contributed by atoms with Gasteiger partial charge in [0.2, 0.25) is 5.91 Å². The summed E-state index contributed by atoms with van der Waals surface area (Å²) in [4.78, 5) is 26.5. The summed E-state index contributed by atoms with van der Waals surface area (Å²) < 4.78 is 0. The van der Waals surface area contributed by atoms with Crippen LogP contribution in [0.25, 0.3) is 10.9 Å². The van der Waals surface area contributed by atoms with Crippen molar-refractivity contribution in [3.8, 4) is 6.07 Å². The molecule has 3 aliphatic rings. The van der Waals surface area contributed by atoms with Crippen LogP contribution in [0.4, 0.5) is 5.82 Å².